The van der Waals surface area contributed by atoms with Gasteiger partial charge >= 0.3 is 6.03 Å². The number of carbonyl (C=O) groups is 1. The fraction of sp³-hybridized carbons (Fsp3) is 0.227. The largest absolute Gasteiger partial charge is 0.493 e. The lowest BCUT2D eigenvalue weighted by Crippen LogP contribution is -2.19. The van der Waals surface area contributed by atoms with Crippen LogP contribution in [0.4, 0.5) is 33.6 Å². The Morgan fingerprint density at radius 3 is 2.19 bits per heavy atom. The Morgan fingerprint density at radius 2 is 1.52 bits per heavy atom. The van der Waals surface area contributed by atoms with Gasteiger partial charge in [-0.3, -0.25) is 0 Å². The maximum absolute atomic E-state index is 12.3. The van der Waals surface area contributed by atoms with Crippen molar-refractivity contribution >= 4 is 34.9 Å². The molecule has 0 spiro atoms. The van der Waals surface area contributed by atoms with Gasteiger partial charge in [-0.2, -0.15) is 4.98 Å². The van der Waals surface area contributed by atoms with Crippen LogP contribution in [0.2, 0.25) is 0 Å². The summed E-state index contributed by atoms with van der Waals surface area (Å²) in [7, 11) is 3.10. The van der Waals surface area contributed by atoms with Gasteiger partial charge in [-0.25, -0.2) is 9.78 Å². The monoisotopic (exact) mass is 422 g/mol. The van der Waals surface area contributed by atoms with Gasteiger partial charge in [0.2, 0.25) is 5.95 Å². The number of nitrogens with one attached hydrogen (secondary N) is 4. The van der Waals surface area contributed by atoms with E-state index in [-0.39, 0.29) is 6.03 Å². The lowest BCUT2D eigenvalue weighted by atomic mass is 10.2. The van der Waals surface area contributed by atoms with Crippen molar-refractivity contribution in [2.75, 3.05) is 42.0 Å². The van der Waals surface area contributed by atoms with Crippen molar-refractivity contribution < 1.29 is 14.3 Å². The van der Waals surface area contributed by atoms with Crippen molar-refractivity contribution in [1.82, 2.24) is 9.97 Å². The molecule has 2 aromatic carbocycles. The van der Waals surface area contributed by atoms with E-state index < -0.39 is 0 Å². The maximum atomic E-state index is 12.3. The molecule has 9 nitrogen and oxygen atoms in total. The summed E-state index contributed by atoms with van der Waals surface area (Å²) in [5.74, 6) is 2.39. The number of aromatic nitrogens is 2. The molecule has 9 heteroatoms. The normalized spacial score (nSPS) is 10.2. The lowest BCUT2D eigenvalue weighted by Gasteiger charge is -2.12. The molecule has 0 aliphatic heterocycles. The number of hydrogen-bond acceptors (Lipinski definition) is 7. The Morgan fingerprint density at radius 1 is 0.871 bits per heavy atom. The van der Waals surface area contributed by atoms with E-state index in [1.165, 1.54) is 0 Å². The number of hydrogen-bond donors (Lipinski definition) is 4. The van der Waals surface area contributed by atoms with E-state index in [1.807, 2.05) is 32.0 Å². The topological polar surface area (TPSA) is 109 Å². The Hall–Kier alpha value is -4.01. The predicted octanol–water partition coefficient (Wildman–Crippen LogP) is 4.62. The summed E-state index contributed by atoms with van der Waals surface area (Å²) < 4.78 is 10.5. The molecule has 2 amide bonds. The highest BCUT2D eigenvalue weighted by Crippen LogP contribution is 2.29. The highest BCUT2D eigenvalue weighted by atomic mass is 16.5. The number of nitrogens with zero attached hydrogens (tertiary/aromatic N) is 2. The summed E-state index contributed by atoms with van der Waals surface area (Å²) in [4.78, 5) is 21.1. The number of methoxy groups -OCH3 is 2. The summed E-state index contributed by atoms with van der Waals surface area (Å²) in [5, 5.41) is 11.9. The van der Waals surface area contributed by atoms with Gasteiger partial charge in [0.05, 0.1) is 14.2 Å². The standard InChI is InChI=1S/C22H26N6O3/c1-5-23-21-24-14(2)12-20(28-21)25-15-6-8-16(9-7-15)26-22(29)27-17-10-11-18(30-3)19(13-17)31-4/h6-13H,5H2,1-4H3,(H2,26,27,29)(H2,23,24,25,28). The molecule has 1 aromatic heterocycles. The molecule has 0 saturated heterocycles. The van der Waals surface area contributed by atoms with Crippen LogP contribution in [0.5, 0.6) is 11.5 Å². The molecule has 0 unspecified atom stereocenters. The number of anilines is 5. The Labute approximate surface area is 181 Å². The van der Waals surface area contributed by atoms with Gasteiger partial charge in [0.25, 0.3) is 0 Å². The molecule has 3 rings (SSSR count). The van der Waals surface area contributed by atoms with E-state index in [2.05, 4.69) is 31.2 Å². The van der Waals surface area contributed by atoms with Gasteiger partial charge in [-0.1, -0.05) is 0 Å². The zero-order chi connectivity index (χ0) is 22.2. The summed E-state index contributed by atoms with van der Waals surface area (Å²) in [5.41, 5.74) is 2.93. The Balaban J connectivity index is 1.61. The first-order valence-electron chi connectivity index (χ1n) is 9.77. The number of amides is 2. The Bertz CT molecular complexity index is 1040. The van der Waals surface area contributed by atoms with Crippen LogP contribution in [-0.4, -0.2) is 36.8 Å². The van der Waals surface area contributed by atoms with Crippen LogP contribution in [0.3, 0.4) is 0 Å². The third-order valence-corrected chi connectivity index (χ3v) is 4.25. The summed E-state index contributed by atoms with van der Waals surface area (Å²) >= 11 is 0. The molecular weight excluding hydrogens is 396 g/mol. The molecule has 0 bridgehead atoms. The summed E-state index contributed by atoms with van der Waals surface area (Å²) in [6.07, 6.45) is 0. The van der Waals surface area contributed by atoms with Crippen LogP contribution in [-0.2, 0) is 0 Å². The number of rotatable bonds is 8. The number of carbonyl (C=O) groups excluding carboxylic acids is 1. The number of aryl methyl sites for hydroxylation is 1. The third-order valence-electron chi connectivity index (χ3n) is 4.25. The van der Waals surface area contributed by atoms with Crippen molar-refractivity contribution in [2.45, 2.75) is 13.8 Å². The second kappa shape index (κ2) is 10.1. The molecule has 0 aliphatic rings. The van der Waals surface area contributed by atoms with Gasteiger partial charge in [0.1, 0.15) is 5.82 Å². The minimum Gasteiger partial charge on any atom is -0.493 e. The van der Waals surface area contributed by atoms with Gasteiger partial charge in [0.15, 0.2) is 11.5 Å². The molecule has 0 atom stereocenters. The number of benzene rings is 2. The van der Waals surface area contributed by atoms with Crippen LogP contribution >= 0.6 is 0 Å². The second-order valence-corrected chi connectivity index (χ2v) is 6.60. The zero-order valence-electron chi connectivity index (χ0n) is 17.9. The van der Waals surface area contributed by atoms with Gasteiger partial charge in [-0.15, -0.1) is 0 Å². The van der Waals surface area contributed by atoms with Crippen molar-refractivity contribution in [3.63, 3.8) is 0 Å². The van der Waals surface area contributed by atoms with E-state index in [0.717, 1.165) is 17.9 Å². The van der Waals surface area contributed by atoms with E-state index in [1.54, 1.807) is 44.6 Å². The molecule has 3 aromatic rings. The van der Waals surface area contributed by atoms with Crippen LogP contribution in [0, 0.1) is 6.92 Å². The van der Waals surface area contributed by atoms with Gasteiger partial charge in [0, 0.05) is 41.4 Å². The quantitative estimate of drug-likeness (QED) is 0.419. The van der Waals surface area contributed by atoms with Gasteiger partial charge in [-0.05, 0) is 50.2 Å². The summed E-state index contributed by atoms with van der Waals surface area (Å²) in [6.45, 7) is 4.65. The molecule has 31 heavy (non-hydrogen) atoms. The maximum Gasteiger partial charge on any atom is 0.323 e. The molecule has 1 heterocycles. The van der Waals surface area contributed by atoms with E-state index in [0.29, 0.717) is 34.6 Å². The molecular formula is C22H26N6O3. The molecule has 0 radical (unpaired) electrons. The zero-order valence-corrected chi connectivity index (χ0v) is 17.9. The highest BCUT2D eigenvalue weighted by Gasteiger charge is 2.08. The molecule has 0 aliphatic carbocycles. The predicted molar refractivity (Wildman–Crippen MR) is 123 cm³/mol. The van der Waals surface area contributed by atoms with Crippen LogP contribution < -0.4 is 30.7 Å². The first kappa shape index (κ1) is 21.7. The van der Waals surface area contributed by atoms with Crippen molar-refractivity contribution in [2.24, 2.45) is 0 Å². The average molecular weight is 422 g/mol. The SMILES string of the molecule is CCNc1nc(C)cc(Nc2ccc(NC(=O)Nc3ccc(OC)c(OC)c3)cc2)n1. The average Bonchev–Trinajstić information content (AvgIpc) is 2.75. The fourth-order valence-corrected chi connectivity index (χ4v) is 2.86. The van der Waals surface area contributed by atoms with Crippen molar-refractivity contribution in [3.05, 3.63) is 54.2 Å². The van der Waals surface area contributed by atoms with E-state index >= 15 is 0 Å². The van der Waals surface area contributed by atoms with Crippen LogP contribution in [0.1, 0.15) is 12.6 Å². The van der Waals surface area contributed by atoms with Crippen molar-refractivity contribution in [3.8, 4) is 11.5 Å². The number of urea groups is 1. The molecule has 162 valence electrons. The molecule has 0 fully saturated rings. The highest BCUT2D eigenvalue weighted by molar-refractivity contribution is 6.00. The Kier molecular flexibility index (Phi) is 7.10. The van der Waals surface area contributed by atoms with Crippen LogP contribution in [0.15, 0.2) is 48.5 Å². The smallest absolute Gasteiger partial charge is 0.323 e. The van der Waals surface area contributed by atoms with E-state index in [9.17, 15) is 4.79 Å². The third kappa shape index (κ3) is 5.99. The number of ether oxygens (including phenoxy) is 2. The fourth-order valence-electron chi connectivity index (χ4n) is 2.86. The molecule has 4 N–H and O–H groups in total. The van der Waals surface area contributed by atoms with Crippen molar-refractivity contribution in [1.29, 1.82) is 0 Å². The first-order valence-corrected chi connectivity index (χ1v) is 9.77. The van der Waals surface area contributed by atoms with Gasteiger partial charge < -0.3 is 30.7 Å². The van der Waals surface area contributed by atoms with Crippen LogP contribution in [0.25, 0.3) is 0 Å². The molecule has 0 saturated carbocycles. The first-order chi connectivity index (χ1) is 15.0. The minimum absolute atomic E-state index is 0.366. The lowest BCUT2D eigenvalue weighted by molar-refractivity contribution is 0.262. The second-order valence-electron chi connectivity index (χ2n) is 6.60. The van der Waals surface area contributed by atoms with E-state index in [4.69, 9.17) is 9.47 Å². The minimum atomic E-state index is -0.366. The summed E-state index contributed by atoms with van der Waals surface area (Å²) in [6, 6.07) is 14.0.